The summed E-state index contributed by atoms with van der Waals surface area (Å²) in [5, 5.41) is 0. The van der Waals surface area contributed by atoms with Crippen LogP contribution in [0.15, 0.2) is 12.1 Å². The summed E-state index contributed by atoms with van der Waals surface area (Å²) in [5.74, 6) is -2.81. The SMILES string of the molecule is COc1cc(CS(=O)(=O)Cl)c(F)cc1F. The van der Waals surface area contributed by atoms with Gasteiger partial charge >= 0.3 is 0 Å². The summed E-state index contributed by atoms with van der Waals surface area (Å²) in [6.07, 6.45) is 0. The van der Waals surface area contributed by atoms with Crippen molar-refractivity contribution >= 4 is 19.7 Å². The Hall–Kier alpha value is -0.880. The van der Waals surface area contributed by atoms with E-state index in [9.17, 15) is 17.2 Å². The maximum Gasteiger partial charge on any atom is 0.236 e. The molecule has 1 aromatic rings. The molecule has 0 aromatic heterocycles. The second kappa shape index (κ2) is 4.32. The van der Waals surface area contributed by atoms with Crippen LogP contribution in [0.3, 0.4) is 0 Å². The standard InChI is InChI=1S/C8H7ClF2O3S/c1-14-8-2-5(4-15(9,12)13)6(10)3-7(8)11/h2-3H,4H2,1H3. The van der Waals surface area contributed by atoms with Gasteiger partial charge in [-0.1, -0.05) is 0 Å². The van der Waals surface area contributed by atoms with Gasteiger partial charge in [-0.25, -0.2) is 17.2 Å². The van der Waals surface area contributed by atoms with Gasteiger partial charge < -0.3 is 4.74 Å². The highest BCUT2D eigenvalue weighted by molar-refractivity contribution is 8.13. The van der Waals surface area contributed by atoms with Gasteiger partial charge in [-0.3, -0.25) is 0 Å². The average Bonchev–Trinajstić information content (AvgIpc) is 2.07. The van der Waals surface area contributed by atoms with Crippen molar-refractivity contribution in [2.75, 3.05) is 7.11 Å². The van der Waals surface area contributed by atoms with Crippen molar-refractivity contribution in [1.82, 2.24) is 0 Å². The molecular formula is C8H7ClF2O3S. The maximum atomic E-state index is 13.1. The van der Waals surface area contributed by atoms with Crippen molar-refractivity contribution < 1.29 is 21.9 Å². The number of methoxy groups -OCH3 is 1. The Morgan fingerprint density at radius 1 is 1.33 bits per heavy atom. The summed E-state index contributed by atoms with van der Waals surface area (Å²) in [6.45, 7) is 0. The fourth-order valence-corrected chi connectivity index (χ4v) is 1.97. The molecule has 7 heteroatoms. The molecule has 3 nitrogen and oxygen atoms in total. The molecule has 0 spiro atoms. The molecule has 0 atom stereocenters. The molecule has 0 N–H and O–H groups in total. The minimum absolute atomic E-state index is 0.230. The van der Waals surface area contributed by atoms with Gasteiger partial charge in [0.1, 0.15) is 5.82 Å². The van der Waals surface area contributed by atoms with Crippen LogP contribution in [-0.4, -0.2) is 15.5 Å². The molecule has 0 bridgehead atoms. The molecule has 15 heavy (non-hydrogen) atoms. The van der Waals surface area contributed by atoms with Crippen LogP contribution in [0.4, 0.5) is 8.78 Å². The predicted octanol–water partition coefficient (Wildman–Crippen LogP) is 2.04. The fraction of sp³-hybridized carbons (Fsp3) is 0.250. The molecule has 0 saturated carbocycles. The van der Waals surface area contributed by atoms with E-state index in [-0.39, 0.29) is 11.3 Å². The lowest BCUT2D eigenvalue weighted by Crippen LogP contribution is -2.00. The zero-order valence-corrected chi connectivity index (χ0v) is 9.20. The van der Waals surface area contributed by atoms with Crippen molar-refractivity contribution in [2.45, 2.75) is 5.75 Å². The third kappa shape index (κ3) is 3.32. The van der Waals surface area contributed by atoms with Gasteiger partial charge in [0.2, 0.25) is 9.05 Å². The number of hydrogen-bond acceptors (Lipinski definition) is 3. The summed E-state index contributed by atoms with van der Waals surface area (Å²) in [5.41, 5.74) is -0.233. The molecule has 84 valence electrons. The number of halogens is 3. The molecule has 0 aliphatic carbocycles. The van der Waals surface area contributed by atoms with Crippen molar-refractivity contribution in [1.29, 1.82) is 0 Å². The lowest BCUT2D eigenvalue weighted by atomic mass is 10.2. The summed E-state index contributed by atoms with van der Waals surface area (Å²) in [4.78, 5) is 0. The Bertz CT molecular complexity index is 473. The predicted molar refractivity (Wildman–Crippen MR) is 51.4 cm³/mol. The van der Waals surface area contributed by atoms with Crippen LogP contribution in [0, 0.1) is 11.6 Å². The summed E-state index contributed by atoms with van der Waals surface area (Å²) >= 11 is 0. The molecule has 1 rings (SSSR count). The third-order valence-electron chi connectivity index (χ3n) is 1.65. The summed E-state index contributed by atoms with van der Waals surface area (Å²) in [6, 6.07) is 1.51. The van der Waals surface area contributed by atoms with Crippen molar-refractivity contribution in [3.63, 3.8) is 0 Å². The molecule has 0 aliphatic rings. The maximum absolute atomic E-state index is 13.1. The van der Waals surface area contributed by atoms with Crippen LogP contribution in [0.25, 0.3) is 0 Å². The van der Waals surface area contributed by atoms with Crippen molar-refractivity contribution in [3.8, 4) is 5.75 Å². The van der Waals surface area contributed by atoms with Crippen LogP contribution >= 0.6 is 10.7 Å². The Balaban J connectivity index is 3.19. The number of rotatable bonds is 3. The average molecular weight is 257 g/mol. The molecule has 0 fully saturated rings. The lowest BCUT2D eigenvalue weighted by molar-refractivity contribution is 0.383. The first-order valence-corrected chi connectivity index (χ1v) is 6.25. The van der Waals surface area contributed by atoms with Crippen molar-refractivity contribution in [3.05, 3.63) is 29.3 Å². The van der Waals surface area contributed by atoms with E-state index >= 15 is 0 Å². The topological polar surface area (TPSA) is 43.4 Å². The summed E-state index contributed by atoms with van der Waals surface area (Å²) < 4.78 is 52.0. The first-order valence-electron chi connectivity index (χ1n) is 3.77. The molecule has 0 unspecified atom stereocenters. The quantitative estimate of drug-likeness (QED) is 0.778. The van der Waals surface area contributed by atoms with E-state index in [4.69, 9.17) is 10.7 Å². The minimum atomic E-state index is -3.88. The van der Waals surface area contributed by atoms with E-state index < -0.39 is 26.4 Å². The molecule has 0 saturated heterocycles. The van der Waals surface area contributed by atoms with E-state index in [1.165, 1.54) is 7.11 Å². The highest BCUT2D eigenvalue weighted by atomic mass is 35.7. The van der Waals surface area contributed by atoms with Crippen LogP contribution in [0.1, 0.15) is 5.56 Å². The number of ether oxygens (including phenoxy) is 1. The molecule has 0 heterocycles. The highest BCUT2D eigenvalue weighted by Crippen LogP contribution is 2.23. The molecule has 0 aliphatic heterocycles. The smallest absolute Gasteiger partial charge is 0.236 e. The van der Waals surface area contributed by atoms with E-state index in [2.05, 4.69) is 4.74 Å². The van der Waals surface area contributed by atoms with Gasteiger partial charge in [0.05, 0.1) is 12.9 Å². The van der Waals surface area contributed by atoms with Crippen LogP contribution < -0.4 is 4.74 Å². The van der Waals surface area contributed by atoms with E-state index in [0.29, 0.717) is 6.07 Å². The largest absolute Gasteiger partial charge is 0.494 e. The second-order valence-corrected chi connectivity index (χ2v) is 5.54. The Morgan fingerprint density at radius 2 is 1.93 bits per heavy atom. The fourth-order valence-electron chi connectivity index (χ4n) is 1.02. The van der Waals surface area contributed by atoms with Gasteiger partial charge in [-0.2, -0.15) is 0 Å². The van der Waals surface area contributed by atoms with Gasteiger partial charge in [-0.15, -0.1) is 0 Å². The van der Waals surface area contributed by atoms with Gasteiger partial charge in [-0.05, 0) is 6.07 Å². The molecular weight excluding hydrogens is 250 g/mol. The highest BCUT2D eigenvalue weighted by Gasteiger charge is 2.15. The zero-order valence-electron chi connectivity index (χ0n) is 7.63. The first-order chi connectivity index (χ1) is 6.83. The van der Waals surface area contributed by atoms with E-state index in [1.54, 1.807) is 0 Å². The molecule has 1 aromatic carbocycles. The second-order valence-electron chi connectivity index (χ2n) is 2.76. The third-order valence-corrected chi connectivity index (χ3v) is 2.63. The molecule has 0 radical (unpaired) electrons. The molecule has 0 amide bonds. The van der Waals surface area contributed by atoms with E-state index in [1.807, 2.05) is 0 Å². The number of hydrogen-bond donors (Lipinski definition) is 0. The Labute approximate surface area is 90.0 Å². The Morgan fingerprint density at radius 3 is 2.40 bits per heavy atom. The van der Waals surface area contributed by atoms with Gasteiger partial charge in [0.25, 0.3) is 0 Å². The Kier molecular flexibility index (Phi) is 3.51. The normalized spacial score (nSPS) is 11.5. The lowest BCUT2D eigenvalue weighted by Gasteiger charge is -2.05. The zero-order chi connectivity index (χ0) is 11.6. The van der Waals surface area contributed by atoms with Crippen LogP contribution in [0.5, 0.6) is 5.75 Å². The van der Waals surface area contributed by atoms with E-state index in [0.717, 1.165) is 6.07 Å². The first kappa shape index (κ1) is 12.2. The van der Waals surface area contributed by atoms with Gasteiger partial charge in [0.15, 0.2) is 11.6 Å². The monoisotopic (exact) mass is 256 g/mol. The van der Waals surface area contributed by atoms with Gasteiger partial charge in [0, 0.05) is 22.3 Å². The van der Waals surface area contributed by atoms with Crippen LogP contribution in [-0.2, 0) is 14.8 Å². The van der Waals surface area contributed by atoms with Crippen LogP contribution in [0.2, 0.25) is 0 Å². The van der Waals surface area contributed by atoms with Crippen molar-refractivity contribution in [2.24, 2.45) is 0 Å². The number of benzene rings is 1. The minimum Gasteiger partial charge on any atom is -0.494 e. The summed E-state index contributed by atoms with van der Waals surface area (Å²) in [7, 11) is 2.25.